The van der Waals surface area contributed by atoms with Crippen LogP contribution < -0.4 is 0 Å². The number of thioether (sulfide) groups is 1. The first-order chi connectivity index (χ1) is 10.8. The average molecular weight is 340 g/mol. The number of hydrogen-bond acceptors (Lipinski definition) is 6. The van der Waals surface area contributed by atoms with Crippen molar-refractivity contribution in [3.63, 3.8) is 0 Å². The first-order valence-electron chi connectivity index (χ1n) is 7.14. The van der Waals surface area contributed by atoms with Gasteiger partial charge in [0, 0.05) is 36.2 Å². The van der Waals surface area contributed by atoms with E-state index in [1.165, 1.54) is 5.56 Å². The van der Waals surface area contributed by atoms with E-state index in [0.717, 1.165) is 23.1 Å². The van der Waals surface area contributed by atoms with Crippen molar-refractivity contribution in [1.82, 2.24) is 15.0 Å². The SMILES string of the molecule is COCc1noc(CN2CCSC[C@@H]2c2ccc(Cl)cc2)n1. The van der Waals surface area contributed by atoms with Crippen molar-refractivity contribution in [2.75, 3.05) is 25.2 Å². The Labute approximate surface area is 139 Å². The normalized spacial score (nSPS) is 19.5. The van der Waals surface area contributed by atoms with Gasteiger partial charge in [0.05, 0.1) is 6.54 Å². The Balaban J connectivity index is 1.72. The molecule has 1 aliphatic heterocycles. The van der Waals surface area contributed by atoms with Gasteiger partial charge >= 0.3 is 0 Å². The Bertz CT molecular complexity index is 605. The quantitative estimate of drug-likeness (QED) is 0.834. The molecule has 1 fully saturated rings. The van der Waals surface area contributed by atoms with E-state index in [9.17, 15) is 0 Å². The summed E-state index contributed by atoms with van der Waals surface area (Å²) < 4.78 is 10.3. The largest absolute Gasteiger partial charge is 0.377 e. The van der Waals surface area contributed by atoms with Crippen molar-refractivity contribution in [3.05, 3.63) is 46.6 Å². The van der Waals surface area contributed by atoms with Gasteiger partial charge in [0.1, 0.15) is 6.61 Å². The molecule has 0 bridgehead atoms. The Morgan fingerprint density at radius 1 is 1.41 bits per heavy atom. The third-order valence-electron chi connectivity index (χ3n) is 3.62. The lowest BCUT2D eigenvalue weighted by atomic mass is 10.1. The lowest BCUT2D eigenvalue weighted by molar-refractivity contribution is 0.173. The molecule has 22 heavy (non-hydrogen) atoms. The van der Waals surface area contributed by atoms with Gasteiger partial charge in [-0.15, -0.1) is 0 Å². The molecule has 0 radical (unpaired) electrons. The number of ether oxygens (including phenoxy) is 1. The molecule has 1 aromatic heterocycles. The highest BCUT2D eigenvalue weighted by atomic mass is 35.5. The summed E-state index contributed by atoms with van der Waals surface area (Å²) in [6.45, 7) is 2.03. The second-order valence-electron chi connectivity index (χ2n) is 5.15. The third kappa shape index (κ3) is 3.81. The molecule has 0 N–H and O–H groups in total. The van der Waals surface area contributed by atoms with E-state index in [2.05, 4.69) is 27.2 Å². The maximum atomic E-state index is 5.99. The highest BCUT2D eigenvalue weighted by Gasteiger charge is 2.26. The van der Waals surface area contributed by atoms with Gasteiger partial charge < -0.3 is 9.26 Å². The average Bonchev–Trinajstić information content (AvgIpc) is 2.96. The molecule has 0 unspecified atom stereocenters. The maximum Gasteiger partial charge on any atom is 0.240 e. The number of hydrogen-bond donors (Lipinski definition) is 0. The molecule has 118 valence electrons. The van der Waals surface area contributed by atoms with Crippen molar-refractivity contribution >= 4 is 23.4 Å². The maximum absolute atomic E-state index is 5.99. The molecule has 0 amide bonds. The van der Waals surface area contributed by atoms with Crippen molar-refractivity contribution in [2.24, 2.45) is 0 Å². The van der Waals surface area contributed by atoms with Crippen LogP contribution in [0.3, 0.4) is 0 Å². The van der Waals surface area contributed by atoms with Crippen LogP contribution in [0.15, 0.2) is 28.8 Å². The Morgan fingerprint density at radius 2 is 2.23 bits per heavy atom. The van der Waals surface area contributed by atoms with E-state index in [1.807, 2.05) is 23.9 Å². The molecule has 2 heterocycles. The minimum Gasteiger partial charge on any atom is -0.377 e. The van der Waals surface area contributed by atoms with E-state index < -0.39 is 0 Å². The van der Waals surface area contributed by atoms with Gasteiger partial charge in [0.15, 0.2) is 5.82 Å². The Kier molecular flexibility index (Phi) is 5.36. The Hall–Kier alpha value is -1.08. The smallest absolute Gasteiger partial charge is 0.240 e. The van der Waals surface area contributed by atoms with Gasteiger partial charge in [-0.3, -0.25) is 4.90 Å². The first-order valence-corrected chi connectivity index (χ1v) is 8.67. The summed E-state index contributed by atoms with van der Waals surface area (Å²) in [6.07, 6.45) is 0. The van der Waals surface area contributed by atoms with Crippen LogP contribution in [0.4, 0.5) is 0 Å². The van der Waals surface area contributed by atoms with Crippen LogP contribution in [0.1, 0.15) is 23.3 Å². The lowest BCUT2D eigenvalue weighted by Gasteiger charge is -2.34. The molecule has 5 nitrogen and oxygen atoms in total. The zero-order valence-corrected chi connectivity index (χ0v) is 13.9. The van der Waals surface area contributed by atoms with E-state index in [4.69, 9.17) is 20.9 Å². The molecule has 3 rings (SSSR count). The van der Waals surface area contributed by atoms with Crippen LogP contribution in [0, 0.1) is 0 Å². The van der Waals surface area contributed by atoms with Crippen LogP contribution in [-0.2, 0) is 17.9 Å². The highest BCUT2D eigenvalue weighted by molar-refractivity contribution is 7.99. The molecule has 1 atom stereocenters. The molecule has 0 saturated carbocycles. The molecule has 7 heteroatoms. The zero-order valence-electron chi connectivity index (χ0n) is 12.4. The summed E-state index contributed by atoms with van der Waals surface area (Å²) in [5.41, 5.74) is 1.27. The van der Waals surface area contributed by atoms with Crippen LogP contribution >= 0.6 is 23.4 Å². The number of rotatable bonds is 5. The van der Waals surface area contributed by atoms with Gasteiger partial charge in [0.2, 0.25) is 5.89 Å². The highest BCUT2D eigenvalue weighted by Crippen LogP contribution is 2.31. The van der Waals surface area contributed by atoms with E-state index in [1.54, 1.807) is 7.11 Å². The van der Waals surface area contributed by atoms with Gasteiger partial charge in [-0.2, -0.15) is 16.7 Å². The molecule has 1 saturated heterocycles. The van der Waals surface area contributed by atoms with E-state index in [-0.39, 0.29) is 0 Å². The molecule has 1 aromatic carbocycles. The molecular formula is C15H18ClN3O2S. The summed E-state index contributed by atoms with van der Waals surface area (Å²) in [5, 5.41) is 4.68. The summed E-state index contributed by atoms with van der Waals surface area (Å²) in [6, 6.07) is 8.41. The van der Waals surface area contributed by atoms with Crippen molar-refractivity contribution in [2.45, 2.75) is 19.2 Å². The summed E-state index contributed by atoms with van der Waals surface area (Å²) >= 11 is 7.95. The lowest BCUT2D eigenvalue weighted by Crippen LogP contribution is -2.35. The van der Waals surface area contributed by atoms with Crippen LogP contribution in [0.5, 0.6) is 0 Å². The van der Waals surface area contributed by atoms with E-state index >= 15 is 0 Å². The molecule has 1 aliphatic rings. The second-order valence-corrected chi connectivity index (χ2v) is 6.74. The summed E-state index contributed by atoms with van der Waals surface area (Å²) in [5.74, 6) is 3.40. The van der Waals surface area contributed by atoms with Gasteiger partial charge in [-0.05, 0) is 17.7 Å². The number of methoxy groups -OCH3 is 1. The number of nitrogens with zero attached hydrogens (tertiary/aromatic N) is 3. The number of aromatic nitrogens is 2. The summed E-state index contributed by atoms with van der Waals surface area (Å²) in [4.78, 5) is 6.74. The Morgan fingerprint density at radius 3 is 3.00 bits per heavy atom. The third-order valence-corrected chi connectivity index (χ3v) is 4.89. The first kappa shape index (κ1) is 15.8. The fraction of sp³-hybridized carbons (Fsp3) is 0.467. The van der Waals surface area contributed by atoms with Gasteiger partial charge in [0.25, 0.3) is 0 Å². The van der Waals surface area contributed by atoms with Crippen LogP contribution in [0.25, 0.3) is 0 Å². The van der Waals surface area contributed by atoms with E-state index in [0.29, 0.717) is 30.9 Å². The predicted molar refractivity (Wildman–Crippen MR) is 86.9 cm³/mol. The van der Waals surface area contributed by atoms with Crippen LogP contribution in [0.2, 0.25) is 5.02 Å². The molecule has 0 aliphatic carbocycles. The topological polar surface area (TPSA) is 51.4 Å². The van der Waals surface area contributed by atoms with Crippen molar-refractivity contribution in [3.8, 4) is 0 Å². The minimum atomic E-state index is 0.341. The molecule has 0 spiro atoms. The predicted octanol–water partition coefficient (Wildman–Crippen LogP) is 3.16. The standard InChI is InChI=1S/C15H18ClN3O2S/c1-20-9-14-17-15(21-18-14)8-19-6-7-22-10-13(19)11-2-4-12(16)5-3-11/h2-5,13H,6-10H2,1H3/t13-/m1/s1. The number of halogens is 1. The molecule has 2 aromatic rings. The fourth-order valence-electron chi connectivity index (χ4n) is 2.54. The monoisotopic (exact) mass is 339 g/mol. The van der Waals surface area contributed by atoms with Gasteiger partial charge in [-0.1, -0.05) is 28.9 Å². The van der Waals surface area contributed by atoms with Gasteiger partial charge in [-0.25, -0.2) is 0 Å². The zero-order chi connectivity index (χ0) is 15.4. The minimum absolute atomic E-state index is 0.341. The van der Waals surface area contributed by atoms with Crippen molar-refractivity contribution in [1.29, 1.82) is 0 Å². The molecular weight excluding hydrogens is 322 g/mol. The fourth-order valence-corrected chi connectivity index (χ4v) is 3.82. The summed E-state index contributed by atoms with van der Waals surface area (Å²) in [7, 11) is 1.62. The number of benzene rings is 1. The second kappa shape index (κ2) is 7.46. The van der Waals surface area contributed by atoms with Crippen LogP contribution in [-0.4, -0.2) is 40.2 Å². The van der Waals surface area contributed by atoms with Crippen molar-refractivity contribution < 1.29 is 9.26 Å².